The molecule has 0 unspecified atom stereocenters. The van der Waals surface area contributed by atoms with E-state index in [0.717, 1.165) is 37.7 Å². The standard InChI is InChI=1S/C40H62O8/c1-12-22(3)33(45)47-31-32(48-34(46)23(4)13-2)40(21-41)25(20-35(31,5)6)24-14-15-27-37(9)18-17-28(42)36(7,8)26(37)16-19-38(27,10)39(24,11)29(43)30(40)44/h12-14,25-32,41-44H,15-21H2,1-11H3/b22-12+,23-13+/t25-,26-,27+,28-,29-,30+,31-,32-,37-,38+,39-,40-/m0/s1. The van der Waals surface area contributed by atoms with Gasteiger partial charge in [0.1, 0.15) is 6.10 Å². The SMILES string of the molecule is C/C=C(\C)C(=O)O[C@H]1[C@H](OC(=O)/C(C)=C/C)[C@]2(CO)[C@H](O)[C@H](O)[C@]3(C)C(=CC[C@@H]4[C@@]5(C)CC[C@H](O)C(C)(C)[C@@H]5CC[C@]43C)[C@@H]2CC1(C)C. The maximum absolute atomic E-state index is 13.5. The van der Waals surface area contributed by atoms with Crippen molar-refractivity contribution < 1.29 is 39.5 Å². The lowest BCUT2D eigenvalue weighted by Crippen LogP contribution is -2.76. The zero-order valence-electron chi connectivity index (χ0n) is 31.2. The molecule has 8 heteroatoms. The zero-order chi connectivity index (χ0) is 36.0. The van der Waals surface area contributed by atoms with Gasteiger partial charge in [-0.15, -0.1) is 0 Å². The van der Waals surface area contributed by atoms with Crippen molar-refractivity contribution in [2.75, 3.05) is 6.61 Å². The van der Waals surface area contributed by atoms with Gasteiger partial charge >= 0.3 is 11.9 Å². The van der Waals surface area contributed by atoms with E-state index in [1.165, 1.54) is 0 Å². The third-order valence-electron chi connectivity index (χ3n) is 15.4. The van der Waals surface area contributed by atoms with Gasteiger partial charge in [0.05, 0.1) is 30.3 Å². The zero-order valence-corrected chi connectivity index (χ0v) is 31.2. The number of hydrogen-bond acceptors (Lipinski definition) is 8. The first-order chi connectivity index (χ1) is 22.2. The van der Waals surface area contributed by atoms with Crippen LogP contribution >= 0.6 is 0 Å². The minimum absolute atomic E-state index is 0.0746. The highest BCUT2D eigenvalue weighted by Crippen LogP contribution is 2.76. The maximum atomic E-state index is 13.5. The summed E-state index contributed by atoms with van der Waals surface area (Å²) in [5, 5.41) is 47.8. The molecule has 5 aliphatic rings. The Morgan fingerprint density at radius 2 is 1.40 bits per heavy atom. The van der Waals surface area contributed by atoms with Crippen molar-refractivity contribution in [2.24, 2.45) is 50.2 Å². The van der Waals surface area contributed by atoms with E-state index in [2.05, 4.69) is 40.7 Å². The van der Waals surface area contributed by atoms with Gasteiger partial charge in [0.2, 0.25) is 0 Å². The highest BCUT2D eigenvalue weighted by Gasteiger charge is 2.76. The summed E-state index contributed by atoms with van der Waals surface area (Å²) in [5.41, 5.74) is -2.06. The van der Waals surface area contributed by atoms with E-state index in [1.54, 1.807) is 39.8 Å². The van der Waals surface area contributed by atoms with Gasteiger partial charge in [-0.2, -0.15) is 0 Å². The molecule has 0 spiro atoms. The average Bonchev–Trinajstić information content (AvgIpc) is 3.03. The van der Waals surface area contributed by atoms with Crippen LogP contribution in [-0.4, -0.2) is 69.5 Å². The largest absolute Gasteiger partial charge is 0.454 e. The van der Waals surface area contributed by atoms with Crippen LogP contribution in [0, 0.1) is 50.2 Å². The summed E-state index contributed by atoms with van der Waals surface area (Å²) in [6, 6.07) is 0. The van der Waals surface area contributed by atoms with Crippen molar-refractivity contribution in [2.45, 2.75) is 145 Å². The monoisotopic (exact) mass is 670 g/mol. The Labute approximate surface area is 288 Å². The number of aliphatic hydroxyl groups is 4. The highest BCUT2D eigenvalue weighted by atomic mass is 16.6. The summed E-state index contributed by atoms with van der Waals surface area (Å²) in [6.07, 6.45) is 4.81. The van der Waals surface area contributed by atoms with E-state index in [9.17, 15) is 30.0 Å². The lowest BCUT2D eigenvalue weighted by molar-refractivity contribution is -0.292. The summed E-state index contributed by atoms with van der Waals surface area (Å²) in [7, 11) is 0. The first-order valence-corrected chi connectivity index (χ1v) is 18.2. The molecule has 48 heavy (non-hydrogen) atoms. The van der Waals surface area contributed by atoms with Gasteiger partial charge < -0.3 is 29.9 Å². The topological polar surface area (TPSA) is 134 Å². The third-order valence-corrected chi connectivity index (χ3v) is 15.4. The van der Waals surface area contributed by atoms with Gasteiger partial charge in [-0.25, -0.2) is 9.59 Å². The molecule has 0 aromatic rings. The lowest BCUT2D eigenvalue weighted by atomic mass is 9.32. The van der Waals surface area contributed by atoms with Crippen molar-refractivity contribution in [1.82, 2.24) is 0 Å². The van der Waals surface area contributed by atoms with Crippen molar-refractivity contribution >= 4 is 11.9 Å². The molecule has 4 fully saturated rings. The first kappa shape index (κ1) is 37.3. The molecule has 0 aromatic heterocycles. The fraction of sp³-hybridized carbons (Fsp3) is 0.800. The van der Waals surface area contributed by atoms with Crippen LogP contribution in [0.25, 0.3) is 0 Å². The quantitative estimate of drug-likeness (QED) is 0.158. The normalized spacial score (nSPS) is 46.6. The molecule has 8 nitrogen and oxygen atoms in total. The summed E-state index contributed by atoms with van der Waals surface area (Å²) in [4.78, 5) is 26.8. The molecule has 5 rings (SSSR count). The number of esters is 2. The molecule has 12 atom stereocenters. The van der Waals surface area contributed by atoms with E-state index < -0.39 is 70.5 Å². The molecular weight excluding hydrogens is 608 g/mol. The lowest BCUT2D eigenvalue weighted by Gasteiger charge is -2.73. The van der Waals surface area contributed by atoms with E-state index in [4.69, 9.17) is 9.47 Å². The van der Waals surface area contributed by atoms with Crippen LogP contribution in [0.15, 0.2) is 34.9 Å². The number of hydrogen-bond donors (Lipinski definition) is 4. The van der Waals surface area contributed by atoms with E-state index in [0.29, 0.717) is 23.5 Å². The second-order valence-corrected chi connectivity index (χ2v) is 18.0. The molecule has 4 saturated carbocycles. The average molecular weight is 671 g/mol. The summed E-state index contributed by atoms with van der Waals surface area (Å²) in [5.74, 6) is -1.12. The Balaban J connectivity index is 1.69. The van der Waals surface area contributed by atoms with E-state index in [-0.39, 0.29) is 22.9 Å². The number of carbonyl (C=O) groups is 2. The minimum atomic E-state index is -1.53. The predicted molar refractivity (Wildman–Crippen MR) is 184 cm³/mol. The Hall–Kier alpha value is -2.00. The molecule has 0 aliphatic heterocycles. The first-order valence-electron chi connectivity index (χ1n) is 18.2. The Kier molecular flexibility index (Phi) is 9.36. The van der Waals surface area contributed by atoms with Gasteiger partial charge in [0.15, 0.2) is 6.10 Å². The Bertz CT molecular complexity index is 1410. The number of aliphatic hydroxyl groups excluding tert-OH is 4. The molecule has 0 heterocycles. The number of allylic oxidation sites excluding steroid dienone is 3. The van der Waals surface area contributed by atoms with E-state index >= 15 is 0 Å². The molecule has 0 bridgehead atoms. The van der Waals surface area contributed by atoms with Crippen molar-refractivity contribution in [3.63, 3.8) is 0 Å². The molecular formula is C40H62O8. The van der Waals surface area contributed by atoms with Crippen LogP contribution in [-0.2, 0) is 19.1 Å². The van der Waals surface area contributed by atoms with Crippen LogP contribution in [0.5, 0.6) is 0 Å². The third kappa shape index (κ3) is 4.81. The van der Waals surface area contributed by atoms with Gasteiger partial charge in [-0.1, -0.05) is 72.3 Å². The minimum Gasteiger partial charge on any atom is -0.454 e. The molecule has 4 N–H and O–H groups in total. The molecule has 0 amide bonds. The van der Waals surface area contributed by atoms with Crippen LogP contribution in [0.4, 0.5) is 0 Å². The van der Waals surface area contributed by atoms with Crippen LogP contribution in [0.2, 0.25) is 0 Å². The Morgan fingerprint density at radius 1 is 0.833 bits per heavy atom. The molecule has 5 aliphatic carbocycles. The van der Waals surface area contributed by atoms with E-state index in [1.807, 2.05) is 13.8 Å². The van der Waals surface area contributed by atoms with Crippen molar-refractivity contribution in [3.8, 4) is 0 Å². The Morgan fingerprint density at radius 3 is 1.94 bits per heavy atom. The molecule has 270 valence electrons. The van der Waals surface area contributed by atoms with Crippen LogP contribution in [0.3, 0.4) is 0 Å². The summed E-state index contributed by atoms with van der Waals surface area (Å²) in [6.45, 7) is 21.4. The number of rotatable bonds is 5. The second-order valence-electron chi connectivity index (χ2n) is 18.0. The smallest absolute Gasteiger partial charge is 0.333 e. The van der Waals surface area contributed by atoms with Gasteiger partial charge in [0, 0.05) is 22.0 Å². The van der Waals surface area contributed by atoms with Crippen molar-refractivity contribution in [3.05, 3.63) is 34.9 Å². The molecule has 0 saturated heterocycles. The fourth-order valence-corrected chi connectivity index (χ4v) is 11.9. The number of carbonyl (C=O) groups excluding carboxylic acids is 2. The second kappa shape index (κ2) is 12.1. The predicted octanol–water partition coefficient (Wildman–Crippen LogP) is 6.06. The van der Waals surface area contributed by atoms with Crippen LogP contribution in [0.1, 0.15) is 115 Å². The van der Waals surface area contributed by atoms with Crippen LogP contribution < -0.4 is 0 Å². The summed E-state index contributed by atoms with van der Waals surface area (Å²) >= 11 is 0. The number of ether oxygens (including phenoxy) is 2. The van der Waals surface area contributed by atoms with Crippen molar-refractivity contribution in [1.29, 1.82) is 0 Å². The highest BCUT2D eigenvalue weighted by molar-refractivity contribution is 5.88. The van der Waals surface area contributed by atoms with Gasteiger partial charge in [0.25, 0.3) is 0 Å². The fourth-order valence-electron chi connectivity index (χ4n) is 11.9. The summed E-state index contributed by atoms with van der Waals surface area (Å²) < 4.78 is 12.4. The molecule has 0 aromatic carbocycles. The number of fused-ring (bicyclic) bond motifs is 7. The maximum Gasteiger partial charge on any atom is 0.333 e. The molecule has 0 radical (unpaired) electrons. The van der Waals surface area contributed by atoms with Gasteiger partial charge in [-0.3, -0.25) is 0 Å². The van der Waals surface area contributed by atoms with Gasteiger partial charge in [-0.05, 0) is 100 Å².